The number of likely N-dealkylation sites (N-methyl/N-ethyl adjacent to an activating group) is 1. The second-order valence-corrected chi connectivity index (χ2v) is 6.05. The fourth-order valence-corrected chi connectivity index (χ4v) is 3.10. The van der Waals surface area contributed by atoms with Gasteiger partial charge in [0.25, 0.3) is 5.91 Å². The SMILES string of the molecule is CNC(=O)/C(C#N)=C1/SC(C)C(=O)N1c1ccc(Cl)cc1. The molecule has 1 unspecified atom stereocenters. The molecular formula is C14H12ClN3O2S. The van der Waals surface area contributed by atoms with Crippen LogP contribution in [0.4, 0.5) is 5.69 Å². The van der Waals surface area contributed by atoms with Crippen molar-refractivity contribution in [1.82, 2.24) is 5.32 Å². The molecular weight excluding hydrogens is 310 g/mol. The standard InChI is InChI=1S/C14H12ClN3O2S/c1-8-13(20)18(10-5-3-9(15)4-6-10)14(21-8)11(7-16)12(19)17-2/h3-6,8H,1-2H3,(H,17,19)/b14-11+. The summed E-state index contributed by atoms with van der Waals surface area (Å²) in [5.41, 5.74) is 0.503. The second kappa shape index (κ2) is 6.20. The number of rotatable bonds is 2. The lowest BCUT2D eigenvalue weighted by Gasteiger charge is -2.18. The van der Waals surface area contributed by atoms with Crippen LogP contribution < -0.4 is 10.2 Å². The van der Waals surface area contributed by atoms with Crippen LogP contribution in [0.5, 0.6) is 0 Å². The molecule has 108 valence electrons. The smallest absolute Gasteiger partial charge is 0.264 e. The summed E-state index contributed by atoms with van der Waals surface area (Å²) in [7, 11) is 1.44. The van der Waals surface area contributed by atoms with Crippen LogP contribution in [0.1, 0.15) is 6.92 Å². The average Bonchev–Trinajstić information content (AvgIpc) is 2.76. The number of hydrogen-bond acceptors (Lipinski definition) is 4. The van der Waals surface area contributed by atoms with Crippen LogP contribution in [0.15, 0.2) is 34.9 Å². The number of anilines is 1. The molecule has 1 heterocycles. The zero-order valence-electron chi connectivity index (χ0n) is 11.4. The molecule has 1 aliphatic rings. The summed E-state index contributed by atoms with van der Waals surface area (Å²) in [5.74, 6) is -0.685. The van der Waals surface area contributed by atoms with Gasteiger partial charge >= 0.3 is 0 Å². The van der Waals surface area contributed by atoms with E-state index in [1.54, 1.807) is 31.2 Å². The van der Waals surface area contributed by atoms with Gasteiger partial charge in [0.15, 0.2) is 0 Å². The van der Waals surface area contributed by atoms with Gasteiger partial charge in [-0.25, -0.2) is 0 Å². The average molecular weight is 322 g/mol. The van der Waals surface area contributed by atoms with Crippen LogP contribution >= 0.6 is 23.4 Å². The van der Waals surface area contributed by atoms with E-state index in [4.69, 9.17) is 11.6 Å². The Kier molecular flexibility index (Phi) is 4.56. The Morgan fingerprint density at radius 2 is 2.05 bits per heavy atom. The first-order valence-electron chi connectivity index (χ1n) is 6.12. The lowest BCUT2D eigenvalue weighted by atomic mass is 10.2. The van der Waals surface area contributed by atoms with Gasteiger partial charge < -0.3 is 5.32 Å². The third-order valence-corrected chi connectivity index (χ3v) is 4.34. The third-order valence-electron chi connectivity index (χ3n) is 2.92. The molecule has 7 heteroatoms. The van der Waals surface area contributed by atoms with E-state index in [1.165, 1.54) is 23.7 Å². The van der Waals surface area contributed by atoms with Gasteiger partial charge in [0.2, 0.25) is 5.91 Å². The van der Waals surface area contributed by atoms with E-state index in [9.17, 15) is 14.9 Å². The van der Waals surface area contributed by atoms with Crippen molar-refractivity contribution in [3.63, 3.8) is 0 Å². The van der Waals surface area contributed by atoms with Crippen LogP contribution in [-0.4, -0.2) is 24.1 Å². The fourth-order valence-electron chi connectivity index (χ4n) is 1.88. The molecule has 0 saturated carbocycles. The number of nitrogens with one attached hydrogen (secondary N) is 1. The molecule has 0 aromatic heterocycles. The summed E-state index contributed by atoms with van der Waals surface area (Å²) in [6, 6.07) is 8.54. The summed E-state index contributed by atoms with van der Waals surface area (Å²) in [6.07, 6.45) is 0. The molecule has 21 heavy (non-hydrogen) atoms. The number of nitrogens with zero attached hydrogens (tertiary/aromatic N) is 2. The van der Waals surface area contributed by atoms with Crippen molar-refractivity contribution in [1.29, 1.82) is 5.26 Å². The van der Waals surface area contributed by atoms with Gasteiger partial charge in [-0.3, -0.25) is 14.5 Å². The molecule has 1 atom stereocenters. The van der Waals surface area contributed by atoms with Crippen LogP contribution in [0.2, 0.25) is 5.02 Å². The third kappa shape index (κ3) is 2.89. The Morgan fingerprint density at radius 1 is 1.43 bits per heavy atom. The molecule has 0 bridgehead atoms. The van der Waals surface area contributed by atoms with Crippen molar-refractivity contribution in [3.8, 4) is 6.07 Å². The van der Waals surface area contributed by atoms with Gasteiger partial charge in [-0.1, -0.05) is 23.4 Å². The molecule has 1 aromatic carbocycles. The maximum Gasteiger partial charge on any atom is 0.264 e. The minimum absolute atomic E-state index is 0.0739. The zero-order valence-corrected chi connectivity index (χ0v) is 13.0. The van der Waals surface area contributed by atoms with Gasteiger partial charge in [-0.2, -0.15) is 5.26 Å². The molecule has 0 radical (unpaired) electrons. The van der Waals surface area contributed by atoms with Gasteiger partial charge in [0, 0.05) is 17.8 Å². The van der Waals surface area contributed by atoms with Crippen molar-refractivity contribution in [3.05, 3.63) is 39.9 Å². The largest absolute Gasteiger partial charge is 0.354 e. The molecule has 0 aliphatic carbocycles. The molecule has 1 fully saturated rings. The van der Waals surface area contributed by atoms with E-state index >= 15 is 0 Å². The lowest BCUT2D eigenvalue weighted by molar-refractivity contribution is -0.117. The molecule has 1 saturated heterocycles. The highest BCUT2D eigenvalue weighted by Crippen LogP contribution is 2.40. The molecule has 1 aliphatic heterocycles. The predicted octanol–water partition coefficient (Wildman–Crippen LogP) is 2.29. The highest BCUT2D eigenvalue weighted by molar-refractivity contribution is 8.05. The quantitative estimate of drug-likeness (QED) is 0.670. The van der Waals surface area contributed by atoms with Crippen molar-refractivity contribution in [2.45, 2.75) is 12.2 Å². The Bertz CT molecular complexity index is 664. The number of halogens is 1. The molecule has 2 amide bonds. The minimum atomic E-state index is -0.513. The van der Waals surface area contributed by atoms with E-state index in [1.807, 2.05) is 6.07 Å². The fraction of sp³-hybridized carbons (Fsp3) is 0.214. The van der Waals surface area contributed by atoms with Gasteiger partial charge in [0.1, 0.15) is 16.7 Å². The number of hydrogen-bond donors (Lipinski definition) is 1. The van der Waals surface area contributed by atoms with E-state index < -0.39 is 5.91 Å². The number of amides is 2. The number of nitriles is 1. The van der Waals surface area contributed by atoms with Crippen molar-refractivity contribution in [2.75, 3.05) is 11.9 Å². The van der Waals surface area contributed by atoms with Gasteiger partial charge in [0.05, 0.1) is 5.25 Å². The summed E-state index contributed by atoms with van der Waals surface area (Å²) in [5, 5.41) is 12.2. The molecule has 5 nitrogen and oxygen atoms in total. The maximum absolute atomic E-state index is 12.3. The lowest BCUT2D eigenvalue weighted by Crippen LogP contribution is -2.29. The second-order valence-electron chi connectivity index (χ2n) is 4.28. The number of benzene rings is 1. The summed E-state index contributed by atoms with van der Waals surface area (Å²) < 4.78 is 0. The maximum atomic E-state index is 12.3. The van der Waals surface area contributed by atoms with E-state index in [0.29, 0.717) is 15.7 Å². The molecule has 2 rings (SSSR count). The Labute approximate surface area is 131 Å². The number of carbonyl (C=O) groups is 2. The Balaban J connectivity index is 2.57. The first-order valence-corrected chi connectivity index (χ1v) is 7.38. The summed E-state index contributed by atoms with van der Waals surface area (Å²) >= 11 is 7.04. The summed E-state index contributed by atoms with van der Waals surface area (Å²) in [4.78, 5) is 25.5. The van der Waals surface area contributed by atoms with Crippen LogP contribution in [-0.2, 0) is 9.59 Å². The monoisotopic (exact) mass is 321 g/mol. The Hall–Kier alpha value is -1.97. The van der Waals surface area contributed by atoms with Crippen molar-refractivity contribution in [2.24, 2.45) is 0 Å². The van der Waals surface area contributed by atoms with Crippen molar-refractivity contribution >= 4 is 40.9 Å². The zero-order chi connectivity index (χ0) is 15.6. The van der Waals surface area contributed by atoms with Gasteiger partial charge in [-0.05, 0) is 31.2 Å². The Morgan fingerprint density at radius 3 is 2.57 bits per heavy atom. The predicted molar refractivity (Wildman–Crippen MR) is 82.7 cm³/mol. The van der Waals surface area contributed by atoms with E-state index in [2.05, 4.69) is 5.32 Å². The van der Waals surface area contributed by atoms with Crippen molar-refractivity contribution < 1.29 is 9.59 Å². The highest BCUT2D eigenvalue weighted by atomic mass is 35.5. The van der Waals surface area contributed by atoms with E-state index in [0.717, 1.165) is 0 Å². The first-order chi connectivity index (χ1) is 9.99. The number of carbonyl (C=O) groups excluding carboxylic acids is 2. The topological polar surface area (TPSA) is 73.2 Å². The van der Waals surface area contributed by atoms with E-state index in [-0.39, 0.29) is 16.7 Å². The molecule has 1 aromatic rings. The first kappa shape index (κ1) is 15.4. The van der Waals surface area contributed by atoms with Crippen LogP contribution in [0, 0.1) is 11.3 Å². The van der Waals surface area contributed by atoms with Crippen LogP contribution in [0.3, 0.4) is 0 Å². The summed E-state index contributed by atoms with van der Waals surface area (Å²) in [6.45, 7) is 1.74. The molecule has 0 spiro atoms. The highest BCUT2D eigenvalue weighted by Gasteiger charge is 2.38. The molecule has 1 N–H and O–H groups in total. The normalized spacial score (nSPS) is 20.2. The van der Waals surface area contributed by atoms with Gasteiger partial charge in [-0.15, -0.1) is 0 Å². The number of thioether (sulfide) groups is 1. The minimum Gasteiger partial charge on any atom is -0.354 e. The van der Waals surface area contributed by atoms with Crippen LogP contribution in [0.25, 0.3) is 0 Å².